The van der Waals surface area contributed by atoms with Gasteiger partial charge in [-0.05, 0) is 66.0 Å². The van der Waals surface area contributed by atoms with Crippen LogP contribution in [0.25, 0.3) is 10.8 Å². The molecule has 3 aromatic rings. The van der Waals surface area contributed by atoms with Crippen molar-refractivity contribution in [2.75, 3.05) is 0 Å². The van der Waals surface area contributed by atoms with E-state index < -0.39 is 5.97 Å². The number of pyridine rings is 1. The number of carboxylic acid groups (broad SMARTS) is 1. The van der Waals surface area contributed by atoms with Gasteiger partial charge in [-0.15, -0.1) is 0 Å². The molecule has 0 spiro atoms. The Morgan fingerprint density at radius 3 is 2.96 bits per heavy atom. The number of carboxylic acids is 1. The van der Waals surface area contributed by atoms with Gasteiger partial charge in [0.05, 0.1) is 6.42 Å². The topological polar surface area (TPSA) is 59.4 Å². The summed E-state index contributed by atoms with van der Waals surface area (Å²) >= 11 is 0. The molecular formula is C21H19NO3. The molecule has 4 nitrogen and oxygen atoms in total. The van der Waals surface area contributed by atoms with Crippen molar-refractivity contribution in [1.82, 2.24) is 4.98 Å². The second-order valence-corrected chi connectivity index (χ2v) is 6.49. The summed E-state index contributed by atoms with van der Waals surface area (Å²) in [6.07, 6.45) is 4.86. The minimum absolute atomic E-state index is 0.103. The Balaban J connectivity index is 1.65. The first-order chi connectivity index (χ1) is 12.2. The molecule has 1 atom stereocenters. The highest BCUT2D eigenvalue weighted by atomic mass is 16.5. The van der Waals surface area contributed by atoms with Gasteiger partial charge < -0.3 is 9.84 Å². The highest BCUT2D eigenvalue weighted by molar-refractivity contribution is 5.86. The first-order valence-corrected chi connectivity index (χ1v) is 8.57. The Labute approximate surface area is 146 Å². The number of ether oxygens (including phenoxy) is 1. The molecule has 1 aliphatic carbocycles. The zero-order valence-electron chi connectivity index (χ0n) is 13.8. The molecule has 0 radical (unpaired) electrons. The molecule has 4 rings (SSSR count). The summed E-state index contributed by atoms with van der Waals surface area (Å²) < 4.78 is 6.05. The molecule has 4 heteroatoms. The lowest BCUT2D eigenvalue weighted by Gasteiger charge is -2.24. The highest BCUT2D eigenvalue weighted by Gasteiger charge is 2.23. The van der Waals surface area contributed by atoms with Crippen molar-refractivity contribution in [2.45, 2.75) is 31.6 Å². The molecule has 126 valence electrons. The van der Waals surface area contributed by atoms with Crippen LogP contribution >= 0.6 is 0 Å². The van der Waals surface area contributed by atoms with Crippen LogP contribution in [0, 0.1) is 0 Å². The maximum Gasteiger partial charge on any atom is 0.303 e. The lowest BCUT2D eigenvalue weighted by Crippen LogP contribution is -2.13. The van der Waals surface area contributed by atoms with Crippen molar-refractivity contribution in [3.05, 3.63) is 65.9 Å². The minimum Gasteiger partial charge on any atom is -0.481 e. The third kappa shape index (κ3) is 3.20. The van der Waals surface area contributed by atoms with Gasteiger partial charge in [-0.25, -0.2) is 4.98 Å². The van der Waals surface area contributed by atoms with Crippen LogP contribution in [0.2, 0.25) is 0 Å². The number of fused-ring (bicyclic) bond motifs is 2. The molecule has 0 bridgehead atoms. The van der Waals surface area contributed by atoms with E-state index >= 15 is 0 Å². The Morgan fingerprint density at radius 2 is 2.08 bits per heavy atom. The number of aryl methyl sites for hydroxylation is 1. The Bertz CT molecular complexity index is 930. The molecule has 0 aliphatic heterocycles. The third-order valence-electron chi connectivity index (χ3n) is 4.83. The number of aliphatic carboxylic acids is 1. The van der Waals surface area contributed by atoms with Crippen molar-refractivity contribution < 1.29 is 14.6 Å². The molecule has 2 aromatic carbocycles. The monoisotopic (exact) mass is 333 g/mol. The molecule has 0 amide bonds. The van der Waals surface area contributed by atoms with Gasteiger partial charge in [-0.3, -0.25) is 4.79 Å². The lowest BCUT2D eigenvalue weighted by molar-refractivity contribution is -0.137. The quantitative estimate of drug-likeness (QED) is 0.736. The number of aromatic nitrogens is 1. The number of rotatable bonds is 4. The molecular weight excluding hydrogens is 314 g/mol. The minimum atomic E-state index is -0.738. The number of nitrogens with zero attached hydrogens (tertiary/aromatic N) is 1. The Morgan fingerprint density at radius 1 is 1.20 bits per heavy atom. The van der Waals surface area contributed by atoms with Gasteiger partial charge in [0.2, 0.25) is 5.88 Å². The van der Waals surface area contributed by atoms with Gasteiger partial charge >= 0.3 is 5.97 Å². The predicted molar refractivity (Wildman–Crippen MR) is 96.2 cm³/mol. The number of hydrogen-bond donors (Lipinski definition) is 1. The van der Waals surface area contributed by atoms with E-state index in [-0.39, 0.29) is 12.3 Å². The molecule has 0 unspecified atom stereocenters. The van der Waals surface area contributed by atoms with Gasteiger partial charge in [0.25, 0.3) is 0 Å². The highest BCUT2D eigenvalue weighted by Crippen LogP contribution is 2.37. The first kappa shape index (κ1) is 15.6. The standard InChI is InChI=1S/C21H19NO3/c23-20(24)13-16-6-3-5-15-12-17(8-9-18(15)16)25-21-19-7-2-1-4-14(19)10-11-22-21/h1-2,4,7-12,16H,3,5-6,13H2,(H,23,24)/t16-/m0/s1. The molecule has 0 saturated carbocycles. The van der Waals surface area contributed by atoms with Crippen LogP contribution in [0.1, 0.15) is 36.3 Å². The summed E-state index contributed by atoms with van der Waals surface area (Å²) in [5.41, 5.74) is 2.34. The van der Waals surface area contributed by atoms with Gasteiger partial charge in [0.1, 0.15) is 5.75 Å². The average molecular weight is 333 g/mol. The third-order valence-corrected chi connectivity index (χ3v) is 4.83. The summed E-state index contributed by atoms with van der Waals surface area (Å²) in [4.78, 5) is 15.4. The van der Waals surface area contributed by atoms with Crippen LogP contribution < -0.4 is 4.74 Å². The van der Waals surface area contributed by atoms with Gasteiger partial charge in [-0.1, -0.05) is 24.3 Å². The number of benzene rings is 2. The van der Waals surface area contributed by atoms with Crippen molar-refractivity contribution >= 4 is 16.7 Å². The summed E-state index contributed by atoms with van der Waals surface area (Å²) in [7, 11) is 0. The van der Waals surface area contributed by atoms with Gasteiger partial charge in [0.15, 0.2) is 0 Å². The van der Waals surface area contributed by atoms with Crippen molar-refractivity contribution in [3.8, 4) is 11.6 Å². The van der Waals surface area contributed by atoms with E-state index in [2.05, 4.69) is 4.98 Å². The molecule has 25 heavy (non-hydrogen) atoms. The number of hydrogen-bond acceptors (Lipinski definition) is 3. The average Bonchev–Trinajstić information content (AvgIpc) is 2.62. The maximum absolute atomic E-state index is 11.1. The summed E-state index contributed by atoms with van der Waals surface area (Å²) in [6.45, 7) is 0. The van der Waals surface area contributed by atoms with Crippen LogP contribution in [0.4, 0.5) is 0 Å². The smallest absolute Gasteiger partial charge is 0.303 e. The predicted octanol–water partition coefficient (Wildman–Crippen LogP) is 4.92. The van der Waals surface area contributed by atoms with Crippen LogP contribution in [-0.4, -0.2) is 16.1 Å². The largest absolute Gasteiger partial charge is 0.481 e. The lowest BCUT2D eigenvalue weighted by atomic mass is 9.81. The van der Waals surface area contributed by atoms with Crippen LogP contribution in [0.3, 0.4) is 0 Å². The van der Waals surface area contributed by atoms with E-state index in [4.69, 9.17) is 9.84 Å². The molecule has 0 fully saturated rings. The summed E-state index contributed by atoms with van der Waals surface area (Å²) in [5, 5.41) is 11.2. The second-order valence-electron chi connectivity index (χ2n) is 6.49. The molecule has 1 aromatic heterocycles. The normalized spacial score (nSPS) is 16.4. The molecule has 1 heterocycles. The summed E-state index contributed by atoms with van der Waals surface area (Å²) in [5.74, 6) is 0.707. The fourth-order valence-corrected chi connectivity index (χ4v) is 3.66. The molecule has 0 saturated heterocycles. The molecule has 1 aliphatic rings. The number of carbonyl (C=O) groups is 1. The van der Waals surface area contributed by atoms with E-state index in [1.807, 2.05) is 48.5 Å². The first-order valence-electron chi connectivity index (χ1n) is 8.57. The summed E-state index contributed by atoms with van der Waals surface area (Å²) in [6, 6.07) is 15.9. The van der Waals surface area contributed by atoms with Crippen molar-refractivity contribution in [3.63, 3.8) is 0 Å². The zero-order chi connectivity index (χ0) is 17.2. The second kappa shape index (κ2) is 6.55. The van der Waals surface area contributed by atoms with Crippen molar-refractivity contribution in [1.29, 1.82) is 0 Å². The van der Waals surface area contributed by atoms with E-state index in [1.165, 1.54) is 5.56 Å². The van der Waals surface area contributed by atoms with Crippen LogP contribution in [-0.2, 0) is 11.2 Å². The van der Waals surface area contributed by atoms with Gasteiger partial charge in [-0.2, -0.15) is 0 Å². The van der Waals surface area contributed by atoms with Crippen LogP contribution in [0.5, 0.6) is 11.6 Å². The fourth-order valence-electron chi connectivity index (χ4n) is 3.66. The van der Waals surface area contributed by atoms with Crippen LogP contribution in [0.15, 0.2) is 54.7 Å². The van der Waals surface area contributed by atoms with E-state index in [9.17, 15) is 4.79 Å². The van der Waals surface area contributed by atoms with E-state index in [0.717, 1.165) is 41.3 Å². The fraction of sp³-hybridized carbons (Fsp3) is 0.238. The van der Waals surface area contributed by atoms with E-state index in [1.54, 1.807) is 6.20 Å². The van der Waals surface area contributed by atoms with E-state index in [0.29, 0.717) is 5.88 Å². The maximum atomic E-state index is 11.1. The van der Waals surface area contributed by atoms with Gasteiger partial charge in [0, 0.05) is 11.6 Å². The molecule has 1 N–H and O–H groups in total. The zero-order valence-corrected chi connectivity index (χ0v) is 13.8. The Hall–Kier alpha value is -2.88. The SMILES string of the molecule is O=C(O)C[C@@H]1CCCc2cc(Oc3nccc4ccccc34)ccc21. The Kier molecular flexibility index (Phi) is 4.10. The van der Waals surface area contributed by atoms with Crippen molar-refractivity contribution in [2.24, 2.45) is 0 Å².